The van der Waals surface area contributed by atoms with Crippen molar-refractivity contribution in [1.82, 2.24) is 9.55 Å². The lowest BCUT2D eigenvalue weighted by atomic mass is 10.2. The Morgan fingerprint density at radius 1 is 1.15 bits per heavy atom. The van der Waals surface area contributed by atoms with Gasteiger partial charge in [-0.25, -0.2) is 9.37 Å². The topological polar surface area (TPSA) is 43.8 Å². The van der Waals surface area contributed by atoms with Crippen LogP contribution in [0.2, 0.25) is 5.02 Å². The van der Waals surface area contributed by atoms with Gasteiger partial charge in [0.25, 0.3) is 0 Å². The van der Waals surface area contributed by atoms with E-state index in [1.165, 1.54) is 12.1 Å². The fraction of sp³-hybridized carbons (Fsp3) is 0.133. The van der Waals surface area contributed by atoms with Crippen molar-refractivity contribution >= 4 is 22.6 Å². The summed E-state index contributed by atoms with van der Waals surface area (Å²) >= 11 is 5.98. The number of rotatable bonds is 3. The lowest BCUT2D eigenvalue weighted by molar-refractivity contribution is 0.626. The zero-order chi connectivity index (χ0) is 14.1. The molecule has 0 fully saturated rings. The second-order valence-electron chi connectivity index (χ2n) is 4.58. The van der Waals surface area contributed by atoms with E-state index in [1.807, 2.05) is 22.8 Å². The highest BCUT2D eigenvalue weighted by Gasteiger charge is 2.10. The van der Waals surface area contributed by atoms with Crippen LogP contribution < -0.4 is 5.73 Å². The van der Waals surface area contributed by atoms with Crippen LogP contribution in [0.5, 0.6) is 0 Å². The second kappa shape index (κ2) is 5.23. The van der Waals surface area contributed by atoms with Crippen LogP contribution in [-0.2, 0) is 13.1 Å². The van der Waals surface area contributed by atoms with Gasteiger partial charge in [-0.1, -0.05) is 23.7 Å². The monoisotopic (exact) mass is 289 g/mol. The van der Waals surface area contributed by atoms with Gasteiger partial charge in [0.1, 0.15) is 11.6 Å². The molecule has 3 aromatic rings. The zero-order valence-electron chi connectivity index (χ0n) is 10.7. The van der Waals surface area contributed by atoms with Crippen molar-refractivity contribution in [1.29, 1.82) is 0 Å². The molecule has 2 aromatic carbocycles. The summed E-state index contributed by atoms with van der Waals surface area (Å²) in [4.78, 5) is 4.49. The maximum atomic E-state index is 13.0. The van der Waals surface area contributed by atoms with Gasteiger partial charge in [-0.15, -0.1) is 0 Å². The number of fused-ring (bicyclic) bond motifs is 1. The Kier molecular flexibility index (Phi) is 3.42. The van der Waals surface area contributed by atoms with Gasteiger partial charge in [-0.3, -0.25) is 0 Å². The normalized spacial score (nSPS) is 11.2. The van der Waals surface area contributed by atoms with Crippen LogP contribution in [0.15, 0.2) is 42.5 Å². The molecule has 5 heteroatoms. The molecule has 1 heterocycles. The van der Waals surface area contributed by atoms with Gasteiger partial charge in [-0.2, -0.15) is 0 Å². The molecule has 0 aliphatic rings. The summed E-state index contributed by atoms with van der Waals surface area (Å²) in [6, 6.07) is 12.0. The predicted octanol–water partition coefficient (Wildman–Crippen LogP) is 3.34. The number of aromatic nitrogens is 2. The highest BCUT2D eigenvalue weighted by molar-refractivity contribution is 6.31. The Balaban J connectivity index is 2.07. The van der Waals surface area contributed by atoms with Gasteiger partial charge in [-0.05, 0) is 35.9 Å². The summed E-state index contributed by atoms with van der Waals surface area (Å²) in [6.45, 7) is 0.943. The van der Waals surface area contributed by atoms with Crippen LogP contribution in [0.25, 0.3) is 11.0 Å². The Hall–Kier alpha value is -1.91. The first-order valence-corrected chi connectivity index (χ1v) is 6.64. The molecule has 2 N–H and O–H groups in total. The predicted molar refractivity (Wildman–Crippen MR) is 78.1 cm³/mol. The van der Waals surface area contributed by atoms with E-state index in [1.54, 1.807) is 12.1 Å². The van der Waals surface area contributed by atoms with Crippen LogP contribution >= 0.6 is 11.6 Å². The van der Waals surface area contributed by atoms with Gasteiger partial charge >= 0.3 is 0 Å². The molecule has 0 radical (unpaired) electrons. The molecule has 0 aliphatic carbocycles. The minimum atomic E-state index is -0.241. The van der Waals surface area contributed by atoms with E-state index in [4.69, 9.17) is 17.3 Å². The van der Waals surface area contributed by atoms with Crippen LogP contribution in [0.1, 0.15) is 11.4 Å². The smallest absolute Gasteiger partial charge is 0.123 e. The van der Waals surface area contributed by atoms with E-state index in [2.05, 4.69) is 4.98 Å². The molecule has 0 saturated heterocycles. The van der Waals surface area contributed by atoms with Gasteiger partial charge in [0.2, 0.25) is 0 Å². The molecule has 1 aromatic heterocycles. The quantitative estimate of drug-likeness (QED) is 0.804. The second-order valence-corrected chi connectivity index (χ2v) is 5.01. The van der Waals surface area contributed by atoms with Gasteiger partial charge in [0, 0.05) is 11.6 Å². The molecule has 20 heavy (non-hydrogen) atoms. The van der Waals surface area contributed by atoms with Crippen LogP contribution in [0.3, 0.4) is 0 Å². The van der Waals surface area contributed by atoms with Gasteiger partial charge in [0.15, 0.2) is 0 Å². The van der Waals surface area contributed by atoms with E-state index < -0.39 is 0 Å². The highest BCUT2D eigenvalue weighted by atomic mass is 35.5. The largest absolute Gasteiger partial charge is 0.324 e. The summed E-state index contributed by atoms with van der Waals surface area (Å²) < 4.78 is 15.0. The standard InChI is InChI=1S/C15H13ClFN3/c16-11-3-6-14-13(7-11)19-15(8-18)20(14)9-10-1-4-12(17)5-2-10/h1-7H,8-9,18H2. The fourth-order valence-electron chi connectivity index (χ4n) is 2.26. The summed E-state index contributed by atoms with van der Waals surface area (Å²) in [5, 5.41) is 0.646. The highest BCUT2D eigenvalue weighted by Crippen LogP contribution is 2.21. The summed E-state index contributed by atoms with van der Waals surface area (Å²) in [5.41, 5.74) is 8.54. The first-order valence-electron chi connectivity index (χ1n) is 6.26. The third-order valence-corrected chi connectivity index (χ3v) is 3.46. The molecule has 0 atom stereocenters. The molecule has 0 spiro atoms. The molecule has 0 unspecified atom stereocenters. The summed E-state index contributed by atoms with van der Waals surface area (Å²) in [7, 11) is 0. The number of imidazole rings is 1. The molecular weight excluding hydrogens is 277 g/mol. The zero-order valence-corrected chi connectivity index (χ0v) is 11.4. The van der Waals surface area contributed by atoms with Crippen molar-refractivity contribution in [3.05, 3.63) is 64.7 Å². The molecular formula is C15H13ClFN3. The molecule has 0 amide bonds. The number of hydrogen-bond donors (Lipinski definition) is 1. The first-order chi connectivity index (χ1) is 9.67. The first kappa shape index (κ1) is 13.1. The van der Waals surface area contributed by atoms with Crippen molar-refractivity contribution in [3.8, 4) is 0 Å². The number of halogens is 2. The minimum Gasteiger partial charge on any atom is -0.324 e. The van der Waals surface area contributed by atoms with E-state index in [-0.39, 0.29) is 5.82 Å². The van der Waals surface area contributed by atoms with E-state index in [0.717, 1.165) is 22.4 Å². The van der Waals surface area contributed by atoms with Crippen molar-refractivity contribution in [2.75, 3.05) is 0 Å². The summed E-state index contributed by atoms with van der Waals surface area (Å²) in [5.74, 6) is 0.543. The maximum absolute atomic E-state index is 13.0. The van der Waals surface area contributed by atoms with E-state index >= 15 is 0 Å². The van der Waals surface area contributed by atoms with E-state index in [9.17, 15) is 4.39 Å². The lowest BCUT2D eigenvalue weighted by Crippen LogP contribution is -2.09. The average molecular weight is 290 g/mol. The number of benzene rings is 2. The third kappa shape index (κ3) is 2.40. The van der Waals surface area contributed by atoms with Crippen molar-refractivity contribution in [3.63, 3.8) is 0 Å². The number of nitrogens with two attached hydrogens (primary N) is 1. The van der Waals surface area contributed by atoms with Crippen LogP contribution in [-0.4, -0.2) is 9.55 Å². The Morgan fingerprint density at radius 3 is 2.60 bits per heavy atom. The third-order valence-electron chi connectivity index (χ3n) is 3.23. The van der Waals surface area contributed by atoms with Gasteiger partial charge in [0.05, 0.1) is 17.6 Å². The molecule has 0 aliphatic heterocycles. The molecule has 3 nitrogen and oxygen atoms in total. The Bertz CT molecular complexity index is 750. The molecule has 0 saturated carbocycles. The van der Waals surface area contributed by atoms with Crippen LogP contribution in [0, 0.1) is 5.82 Å². The van der Waals surface area contributed by atoms with Crippen LogP contribution in [0.4, 0.5) is 4.39 Å². The Morgan fingerprint density at radius 2 is 1.90 bits per heavy atom. The van der Waals surface area contributed by atoms with Crippen molar-refractivity contribution in [2.45, 2.75) is 13.1 Å². The summed E-state index contributed by atoms with van der Waals surface area (Å²) in [6.07, 6.45) is 0. The lowest BCUT2D eigenvalue weighted by Gasteiger charge is -2.08. The molecule has 3 rings (SSSR count). The number of hydrogen-bond acceptors (Lipinski definition) is 2. The van der Waals surface area contributed by atoms with Crippen molar-refractivity contribution < 1.29 is 4.39 Å². The minimum absolute atomic E-state index is 0.241. The fourth-order valence-corrected chi connectivity index (χ4v) is 2.42. The van der Waals surface area contributed by atoms with Gasteiger partial charge < -0.3 is 10.3 Å². The van der Waals surface area contributed by atoms with E-state index in [0.29, 0.717) is 18.1 Å². The molecule has 0 bridgehead atoms. The Labute approximate surface area is 120 Å². The maximum Gasteiger partial charge on any atom is 0.123 e. The SMILES string of the molecule is NCc1nc2cc(Cl)ccc2n1Cc1ccc(F)cc1. The van der Waals surface area contributed by atoms with Crippen molar-refractivity contribution in [2.24, 2.45) is 5.73 Å². The average Bonchev–Trinajstić information content (AvgIpc) is 2.78. The molecule has 102 valence electrons. The number of nitrogens with zero attached hydrogens (tertiary/aromatic N) is 2.